The van der Waals surface area contributed by atoms with Gasteiger partial charge >= 0.3 is 5.97 Å². The van der Waals surface area contributed by atoms with Crippen molar-refractivity contribution in [1.82, 2.24) is 20.4 Å². The largest absolute Gasteiger partial charge is 0.469 e. The van der Waals surface area contributed by atoms with Gasteiger partial charge in [-0.2, -0.15) is 5.10 Å². The molecule has 1 unspecified atom stereocenters. The Bertz CT molecular complexity index is 566. The van der Waals surface area contributed by atoms with Crippen molar-refractivity contribution in [2.45, 2.75) is 52.5 Å². The molecule has 1 atom stereocenters. The molecule has 0 aliphatic heterocycles. The van der Waals surface area contributed by atoms with Crippen LogP contribution in [0.2, 0.25) is 0 Å². The van der Waals surface area contributed by atoms with Crippen molar-refractivity contribution in [1.29, 1.82) is 0 Å². The van der Waals surface area contributed by atoms with Gasteiger partial charge in [0, 0.05) is 38.8 Å². The first kappa shape index (κ1) is 20.0. The number of rotatable bonds is 8. The van der Waals surface area contributed by atoms with Crippen molar-refractivity contribution in [3.05, 3.63) is 17.0 Å². The number of esters is 1. The molecule has 136 valence electrons. The lowest BCUT2D eigenvalue weighted by Crippen LogP contribution is -2.43. The number of guanidine groups is 1. The van der Waals surface area contributed by atoms with Gasteiger partial charge in [0.2, 0.25) is 0 Å². The summed E-state index contributed by atoms with van der Waals surface area (Å²) in [6.07, 6.45) is 3.06. The average Bonchev–Trinajstić information content (AvgIpc) is 2.79. The Morgan fingerprint density at radius 1 is 1.38 bits per heavy atom. The molecule has 1 rings (SSSR count). The standard InChI is InChI=1S/C17H31N5O2/c1-12(11-15-13(2)21-22(5)14(15)3)20-17(18-4)19-10-8-7-9-16(23)24-6/h12H,7-11H2,1-6H3,(H2,18,19,20). The van der Waals surface area contributed by atoms with Crippen LogP contribution in [0.15, 0.2) is 4.99 Å². The van der Waals surface area contributed by atoms with Crippen LogP contribution in [0.3, 0.4) is 0 Å². The highest BCUT2D eigenvalue weighted by Gasteiger charge is 2.13. The summed E-state index contributed by atoms with van der Waals surface area (Å²) >= 11 is 0. The Balaban J connectivity index is 2.38. The fraction of sp³-hybridized carbons (Fsp3) is 0.706. The van der Waals surface area contributed by atoms with Gasteiger partial charge in [0.1, 0.15) is 0 Å². The van der Waals surface area contributed by atoms with E-state index in [9.17, 15) is 4.79 Å². The third kappa shape index (κ3) is 6.22. The minimum Gasteiger partial charge on any atom is -0.469 e. The molecule has 0 aliphatic rings. The number of hydrogen-bond acceptors (Lipinski definition) is 4. The van der Waals surface area contributed by atoms with Crippen LogP contribution in [0, 0.1) is 13.8 Å². The number of aliphatic imine (C=N–C) groups is 1. The molecule has 0 fully saturated rings. The Morgan fingerprint density at radius 2 is 2.08 bits per heavy atom. The number of unbranched alkanes of at least 4 members (excludes halogenated alkanes) is 1. The van der Waals surface area contributed by atoms with Gasteiger partial charge < -0.3 is 15.4 Å². The van der Waals surface area contributed by atoms with Gasteiger partial charge in [-0.05, 0) is 45.6 Å². The second-order valence-corrected chi connectivity index (χ2v) is 6.05. The molecule has 2 N–H and O–H groups in total. The summed E-state index contributed by atoms with van der Waals surface area (Å²) in [5.41, 5.74) is 3.56. The Morgan fingerprint density at radius 3 is 2.62 bits per heavy atom. The van der Waals surface area contributed by atoms with Gasteiger partial charge in [-0.15, -0.1) is 0 Å². The first-order valence-corrected chi connectivity index (χ1v) is 8.42. The second kappa shape index (κ2) is 9.95. The number of carbonyl (C=O) groups excluding carboxylic acids is 1. The van der Waals surface area contributed by atoms with E-state index in [1.54, 1.807) is 7.05 Å². The highest BCUT2D eigenvalue weighted by molar-refractivity contribution is 5.79. The minimum atomic E-state index is -0.159. The van der Waals surface area contributed by atoms with E-state index in [2.05, 4.69) is 39.3 Å². The van der Waals surface area contributed by atoms with Crippen LogP contribution in [0.5, 0.6) is 0 Å². The van der Waals surface area contributed by atoms with Crippen LogP contribution in [0.4, 0.5) is 0 Å². The lowest BCUT2D eigenvalue weighted by atomic mass is 10.1. The first-order valence-electron chi connectivity index (χ1n) is 8.42. The minimum absolute atomic E-state index is 0.159. The summed E-state index contributed by atoms with van der Waals surface area (Å²) in [5, 5.41) is 11.1. The van der Waals surface area contributed by atoms with E-state index < -0.39 is 0 Å². The molecule has 0 saturated carbocycles. The number of methoxy groups -OCH3 is 1. The van der Waals surface area contributed by atoms with Crippen LogP contribution in [0.25, 0.3) is 0 Å². The van der Waals surface area contributed by atoms with E-state index in [0.29, 0.717) is 6.42 Å². The molecule has 7 nitrogen and oxygen atoms in total. The zero-order valence-electron chi connectivity index (χ0n) is 15.8. The van der Waals surface area contributed by atoms with Crippen molar-refractivity contribution >= 4 is 11.9 Å². The maximum Gasteiger partial charge on any atom is 0.305 e. The van der Waals surface area contributed by atoms with Crippen molar-refractivity contribution in [3.8, 4) is 0 Å². The van der Waals surface area contributed by atoms with Gasteiger partial charge in [-0.3, -0.25) is 14.5 Å². The fourth-order valence-corrected chi connectivity index (χ4v) is 2.60. The van der Waals surface area contributed by atoms with E-state index in [0.717, 1.165) is 37.5 Å². The summed E-state index contributed by atoms with van der Waals surface area (Å²) in [6.45, 7) is 7.05. The summed E-state index contributed by atoms with van der Waals surface area (Å²) in [6, 6.07) is 0.243. The zero-order chi connectivity index (χ0) is 18.1. The molecule has 7 heteroatoms. The molecule has 1 heterocycles. The molecule has 1 aromatic rings. The molecule has 24 heavy (non-hydrogen) atoms. The van der Waals surface area contributed by atoms with E-state index in [-0.39, 0.29) is 12.0 Å². The van der Waals surface area contributed by atoms with E-state index in [1.807, 2.05) is 18.7 Å². The van der Waals surface area contributed by atoms with Crippen LogP contribution in [0.1, 0.15) is 43.1 Å². The van der Waals surface area contributed by atoms with Crippen molar-refractivity contribution in [2.24, 2.45) is 12.0 Å². The maximum absolute atomic E-state index is 11.1. The Kier molecular flexibility index (Phi) is 8.29. The SMILES string of the molecule is CN=C(NCCCCC(=O)OC)NC(C)Cc1c(C)nn(C)c1C. The monoisotopic (exact) mass is 337 g/mol. The topological polar surface area (TPSA) is 80.5 Å². The highest BCUT2D eigenvalue weighted by atomic mass is 16.5. The van der Waals surface area contributed by atoms with Gasteiger partial charge in [-0.1, -0.05) is 0 Å². The molecule has 0 amide bonds. The second-order valence-electron chi connectivity index (χ2n) is 6.05. The molecular formula is C17H31N5O2. The van der Waals surface area contributed by atoms with Gasteiger partial charge in [0.25, 0.3) is 0 Å². The summed E-state index contributed by atoms with van der Waals surface area (Å²) < 4.78 is 6.55. The molecule has 0 aromatic carbocycles. The van der Waals surface area contributed by atoms with Crippen molar-refractivity contribution < 1.29 is 9.53 Å². The number of nitrogens with one attached hydrogen (secondary N) is 2. The molecule has 0 spiro atoms. The van der Waals surface area contributed by atoms with Gasteiger partial charge in [0.05, 0.1) is 12.8 Å². The number of aryl methyl sites for hydroxylation is 2. The van der Waals surface area contributed by atoms with Crippen LogP contribution >= 0.6 is 0 Å². The third-order valence-corrected chi connectivity index (χ3v) is 4.10. The summed E-state index contributed by atoms with van der Waals surface area (Å²) in [7, 11) is 5.15. The van der Waals surface area contributed by atoms with Crippen LogP contribution in [-0.4, -0.2) is 48.5 Å². The summed E-state index contributed by atoms with van der Waals surface area (Å²) in [4.78, 5) is 15.3. The number of aromatic nitrogens is 2. The van der Waals surface area contributed by atoms with Gasteiger partial charge in [0.15, 0.2) is 5.96 Å². The zero-order valence-corrected chi connectivity index (χ0v) is 15.8. The number of hydrogen-bond donors (Lipinski definition) is 2. The van der Waals surface area contributed by atoms with Gasteiger partial charge in [-0.25, -0.2) is 0 Å². The lowest BCUT2D eigenvalue weighted by molar-refractivity contribution is -0.140. The molecule has 0 bridgehead atoms. The number of carbonyl (C=O) groups is 1. The summed E-state index contributed by atoms with van der Waals surface area (Å²) in [5.74, 6) is 0.619. The molecular weight excluding hydrogens is 306 g/mol. The lowest BCUT2D eigenvalue weighted by Gasteiger charge is -2.18. The van der Waals surface area contributed by atoms with Crippen LogP contribution in [-0.2, 0) is 23.0 Å². The van der Waals surface area contributed by atoms with E-state index in [1.165, 1.54) is 18.4 Å². The Hall–Kier alpha value is -2.05. The fourth-order valence-electron chi connectivity index (χ4n) is 2.60. The highest BCUT2D eigenvalue weighted by Crippen LogP contribution is 2.14. The Labute approximate surface area is 144 Å². The van der Waals surface area contributed by atoms with Crippen molar-refractivity contribution in [2.75, 3.05) is 20.7 Å². The van der Waals surface area contributed by atoms with E-state index >= 15 is 0 Å². The number of ether oxygens (including phenoxy) is 1. The molecule has 0 aliphatic carbocycles. The average molecular weight is 337 g/mol. The third-order valence-electron chi connectivity index (χ3n) is 4.10. The van der Waals surface area contributed by atoms with E-state index in [4.69, 9.17) is 0 Å². The van der Waals surface area contributed by atoms with Crippen molar-refractivity contribution in [3.63, 3.8) is 0 Å². The maximum atomic E-state index is 11.1. The first-order chi connectivity index (χ1) is 11.4. The van der Waals surface area contributed by atoms with Crippen LogP contribution < -0.4 is 10.6 Å². The molecule has 0 saturated heterocycles. The smallest absolute Gasteiger partial charge is 0.305 e. The number of nitrogens with zero attached hydrogens (tertiary/aromatic N) is 3. The normalized spacial score (nSPS) is 12.8. The quantitative estimate of drug-likeness (QED) is 0.325. The molecule has 0 radical (unpaired) electrons. The predicted octanol–water partition coefficient (Wildman–Crippen LogP) is 1.48. The molecule has 1 aromatic heterocycles. The predicted molar refractivity (Wildman–Crippen MR) is 96.2 cm³/mol.